The molecule has 1 aromatic carbocycles. The van der Waals surface area contributed by atoms with Crippen LogP contribution < -0.4 is 0 Å². The first kappa shape index (κ1) is 23.4. The number of ether oxygens (including phenoxy) is 5. The molecule has 2 heterocycles. The normalized spacial score (nSPS) is 25.7. The van der Waals surface area contributed by atoms with Crippen molar-refractivity contribution in [2.45, 2.75) is 89.7 Å². The van der Waals surface area contributed by atoms with E-state index in [1.54, 1.807) is 0 Å². The van der Waals surface area contributed by atoms with E-state index < -0.39 is 11.6 Å². The minimum Gasteiger partial charge on any atom is -0.368 e. The van der Waals surface area contributed by atoms with Crippen LogP contribution in [0, 0.1) is 0 Å². The molecule has 2 saturated heterocycles. The zero-order chi connectivity index (χ0) is 21.3. The predicted molar refractivity (Wildman–Crippen MR) is 117 cm³/mol. The minimum absolute atomic E-state index is 0.152. The van der Waals surface area contributed by atoms with Crippen molar-refractivity contribution < 1.29 is 23.7 Å². The Morgan fingerprint density at radius 2 is 1.80 bits per heavy atom. The van der Waals surface area contributed by atoms with Crippen LogP contribution in [0.25, 0.3) is 0 Å². The van der Waals surface area contributed by atoms with Gasteiger partial charge in [-0.05, 0) is 25.8 Å². The van der Waals surface area contributed by atoms with Gasteiger partial charge in [0.05, 0.1) is 26.4 Å². The summed E-state index contributed by atoms with van der Waals surface area (Å²) in [5, 5.41) is 0. The molecule has 5 nitrogen and oxygen atoms in total. The Balaban J connectivity index is 1.57. The van der Waals surface area contributed by atoms with Gasteiger partial charge >= 0.3 is 0 Å². The second kappa shape index (κ2) is 11.4. The highest BCUT2D eigenvalue weighted by Gasteiger charge is 2.37. The maximum absolute atomic E-state index is 6.17. The third kappa shape index (κ3) is 7.17. The Morgan fingerprint density at radius 3 is 2.53 bits per heavy atom. The molecule has 2 fully saturated rings. The molecule has 0 aromatic heterocycles. The molecule has 1 aromatic rings. The Morgan fingerprint density at radius 1 is 1.03 bits per heavy atom. The Bertz CT molecular complexity index is 636. The SMILES string of the molecule is CCCCCCC1(CC=C[C@H]2OC(C)(C)OC[C@H]2OCc2ccccc2)OCCO1. The van der Waals surface area contributed by atoms with Gasteiger partial charge in [-0.1, -0.05) is 68.7 Å². The van der Waals surface area contributed by atoms with Crippen molar-refractivity contribution in [1.82, 2.24) is 0 Å². The fourth-order valence-electron chi connectivity index (χ4n) is 3.96. The van der Waals surface area contributed by atoms with Gasteiger partial charge in [0, 0.05) is 12.8 Å². The molecule has 0 saturated carbocycles. The molecule has 30 heavy (non-hydrogen) atoms. The Hall–Kier alpha value is -1.24. The highest BCUT2D eigenvalue weighted by molar-refractivity contribution is 5.13. The molecule has 168 valence electrons. The summed E-state index contributed by atoms with van der Waals surface area (Å²) in [4.78, 5) is 0. The molecule has 2 aliphatic rings. The standard InChI is InChI=1S/C25H38O5/c1-4-5-6-10-15-25(27-17-18-28-25)16-11-14-22-23(20-29-24(2,3)30-22)26-19-21-12-8-7-9-13-21/h7-9,11-14,22-23H,4-6,10,15-20H2,1-3H3/t22-,23-/m1/s1. The molecule has 0 bridgehead atoms. The van der Waals surface area contributed by atoms with Crippen LogP contribution in [0.3, 0.4) is 0 Å². The van der Waals surface area contributed by atoms with Gasteiger partial charge in [0.15, 0.2) is 11.6 Å². The minimum atomic E-state index is -0.625. The number of benzene rings is 1. The smallest absolute Gasteiger partial charge is 0.171 e. The van der Waals surface area contributed by atoms with E-state index in [2.05, 4.69) is 31.2 Å². The van der Waals surface area contributed by atoms with Crippen molar-refractivity contribution in [2.75, 3.05) is 19.8 Å². The fourth-order valence-corrected chi connectivity index (χ4v) is 3.96. The van der Waals surface area contributed by atoms with E-state index in [0.717, 1.165) is 24.8 Å². The second-order valence-corrected chi connectivity index (χ2v) is 8.68. The third-order valence-electron chi connectivity index (χ3n) is 5.67. The van der Waals surface area contributed by atoms with Crippen molar-refractivity contribution >= 4 is 0 Å². The van der Waals surface area contributed by atoms with Gasteiger partial charge in [-0.2, -0.15) is 0 Å². The molecule has 2 aliphatic heterocycles. The van der Waals surface area contributed by atoms with Crippen molar-refractivity contribution in [3.63, 3.8) is 0 Å². The first-order chi connectivity index (χ1) is 14.5. The molecule has 0 aliphatic carbocycles. The van der Waals surface area contributed by atoms with E-state index >= 15 is 0 Å². The summed E-state index contributed by atoms with van der Waals surface area (Å²) in [5.74, 6) is -1.11. The van der Waals surface area contributed by atoms with Crippen molar-refractivity contribution in [1.29, 1.82) is 0 Å². The molecule has 0 radical (unpaired) electrons. The molecule has 3 rings (SSSR count). The Labute approximate surface area is 181 Å². The molecule has 0 unspecified atom stereocenters. The van der Waals surface area contributed by atoms with Crippen LogP contribution in [-0.4, -0.2) is 43.6 Å². The van der Waals surface area contributed by atoms with Gasteiger partial charge in [-0.3, -0.25) is 0 Å². The molecule has 5 heteroatoms. The summed E-state index contributed by atoms with van der Waals surface area (Å²) in [6, 6.07) is 10.2. The quantitative estimate of drug-likeness (QED) is 0.356. The van der Waals surface area contributed by atoms with E-state index in [-0.39, 0.29) is 12.2 Å². The topological polar surface area (TPSA) is 46.2 Å². The van der Waals surface area contributed by atoms with Crippen LogP contribution in [0.5, 0.6) is 0 Å². The van der Waals surface area contributed by atoms with E-state index in [1.165, 1.54) is 19.3 Å². The van der Waals surface area contributed by atoms with Gasteiger partial charge in [-0.25, -0.2) is 0 Å². The second-order valence-electron chi connectivity index (χ2n) is 8.68. The van der Waals surface area contributed by atoms with Crippen LogP contribution in [0.2, 0.25) is 0 Å². The number of hydrogen-bond acceptors (Lipinski definition) is 5. The highest BCUT2D eigenvalue weighted by Crippen LogP contribution is 2.31. The van der Waals surface area contributed by atoms with Crippen LogP contribution in [0.15, 0.2) is 42.5 Å². The molecule has 2 atom stereocenters. The Kier molecular flexibility index (Phi) is 8.90. The summed E-state index contributed by atoms with van der Waals surface area (Å²) < 4.78 is 30.2. The molecule has 0 amide bonds. The monoisotopic (exact) mass is 418 g/mol. The summed E-state index contributed by atoms with van der Waals surface area (Å²) >= 11 is 0. The number of unbranched alkanes of at least 4 members (excludes halogenated alkanes) is 3. The predicted octanol–water partition coefficient (Wildman–Crippen LogP) is 5.38. The lowest BCUT2D eigenvalue weighted by Gasteiger charge is -2.39. The average molecular weight is 419 g/mol. The number of hydrogen-bond donors (Lipinski definition) is 0. The van der Waals surface area contributed by atoms with Crippen LogP contribution in [0.1, 0.15) is 64.9 Å². The first-order valence-corrected chi connectivity index (χ1v) is 11.4. The van der Waals surface area contributed by atoms with Crippen molar-refractivity contribution in [3.05, 3.63) is 48.0 Å². The zero-order valence-corrected chi connectivity index (χ0v) is 18.8. The maximum Gasteiger partial charge on any atom is 0.171 e. The van der Waals surface area contributed by atoms with Gasteiger partial charge < -0.3 is 23.7 Å². The molecular weight excluding hydrogens is 380 g/mol. The van der Waals surface area contributed by atoms with Gasteiger partial charge in [0.25, 0.3) is 0 Å². The maximum atomic E-state index is 6.17. The summed E-state index contributed by atoms with van der Waals surface area (Å²) in [5.41, 5.74) is 1.14. The van der Waals surface area contributed by atoms with Crippen LogP contribution >= 0.6 is 0 Å². The largest absolute Gasteiger partial charge is 0.368 e. The van der Waals surface area contributed by atoms with Crippen LogP contribution in [-0.2, 0) is 30.3 Å². The summed E-state index contributed by atoms with van der Waals surface area (Å²) in [7, 11) is 0. The summed E-state index contributed by atoms with van der Waals surface area (Å²) in [6.45, 7) is 8.50. The molecule has 0 N–H and O–H groups in total. The first-order valence-electron chi connectivity index (χ1n) is 11.4. The van der Waals surface area contributed by atoms with Gasteiger partial charge in [-0.15, -0.1) is 0 Å². The van der Waals surface area contributed by atoms with Crippen LogP contribution in [0.4, 0.5) is 0 Å². The van der Waals surface area contributed by atoms with Crippen molar-refractivity contribution in [3.8, 4) is 0 Å². The highest BCUT2D eigenvalue weighted by atomic mass is 16.7. The zero-order valence-electron chi connectivity index (χ0n) is 18.8. The van der Waals surface area contributed by atoms with E-state index in [1.807, 2.05) is 32.0 Å². The fraction of sp³-hybridized carbons (Fsp3) is 0.680. The van der Waals surface area contributed by atoms with E-state index in [4.69, 9.17) is 23.7 Å². The molecular formula is C25H38O5. The van der Waals surface area contributed by atoms with Crippen molar-refractivity contribution in [2.24, 2.45) is 0 Å². The lowest BCUT2D eigenvalue weighted by Crippen LogP contribution is -2.48. The lowest BCUT2D eigenvalue weighted by atomic mass is 10.0. The van der Waals surface area contributed by atoms with Gasteiger partial charge in [0.1, 0.15) is 12.2 Å². The lowest BCUT2D eigenvalue weighted by molar-refractivity contribution is -0.300. The average Bonchev–Trinajstić information content (AvgIpc) is 3.20. The summed E-state index contributed by atoms with van der Waals surface area (Å²) in [6.07, 6.45) is 10.4. The van der Waals surface area contributed by atoms with E-state index in [0.29, 0.717) is 26.4 Å². The van der Waals surface area contributed by atoms with E-state index in [9.17, 15) is 0 Å². The molecule has 0 spiro atoms. The number of rotatable bonds is 11. The van der Waals surface area contributed by atoms with Gasteiger partial charge in [0.2, 0.25) is 0 Å². The third-order valence-corrected chi connectivity index (χ3v) is 5.67.